The molecule has 1 aliphatic heterocycles. The summed E-state index contributed by atoms with van der Waals surface area (Å²) in [4.78, 5) is 14.6. The fourth-order valence-electron chi connectivity index (χ4n) is 3.22. The van der Waals surface area contributed by atoms with Crippen LogP contribution >= 0.6 is 0 Å². The van der Waals surface area contributed by atoms with E-state index >= 15 is 0 Å². The number of carbonyl (C=O) groups excluding carboxylic acids is 1. The molecule has 0 bridgehead atoms. The number of nitrogens with two attached hydrogens (primary N) is 1. The van der Waals surface area contributed by atoms with E-state index in [-0.39, 0.29) is 11.9 Å². The van der Waals surface area contributed by atoms with Crippen LogP contribution in [0.2, 0.25) is 0 Å². The van der Waals surface area contributed by atoms with Crippen molar-refractivity contribution >= 4 is 5.91 Å². The van der Waals surface area contributed by atoms with Gasteiger partial charge in [-0.05, 0) is 31.2 Å². The zero-order valence-corrected chi connectivity index (χ0v) is 13.1. The maximum atomic E-state index is 12.5. The van der Waals surface area contributed by atoms with Crippen LogP contribution < -0.4 is 5.73 Å². The minimum Gasteiger partial charge on any atom is -0.340 e. The largest absolute Gasteiger partial charge is 0.340 e. The highest BCUT2D eigenvalue weighted by Crippen LogP contribution is 2.22. The highest BCUT2D eigenvalue weighted by atomic mass is 16.2. The lowest BCUT2D eigenvalue weighted by Gasteiger charge is -2.29. The highest BCUT2D eigenvalue weighted by molar-refractivity contribution is 5.76. The zero-order valence-electron chi connectivity index (χ0n) is 13.1. The molecule has 0 radical (unpaired) electrons. The van der Waals surface area contributed by atoms with Crippen LogP contribution in [0.4, 0.5) is 0 Å². The van der Waals surface area contributed by atoms with Gasteiger partial charge in [-0.15, -0.1) is 0 Å². The number of hydrogen-bond acceptors (Lipinski definition) is 2. The first-order valence-electron chi connectivity index (χ1n) is 8.32. The molecule has 2 atom stereocenters. The van der Waals surface area contributed by atoms with Gasteiger partial charge in [0, 0.05) is 25.0 Å². The molecule has 2 unspecified atom stereocenters. The number of carbonyl (C=O) groups is 1. The summed E-state index contributed by atoms with van der Waals surface area (Å²) < 4.78 is 0. The third-order valence-electron chi connectivity index (χ3n) is 4.57. The van der Waals surface area contributed by atoms with Crippen LogP contribution in [0.5, 0.6) is 0 Å². The number of hydrogen-bond donors (Lipinski definition) is 1. The first-order valence-corrected chi connectivity index (χ1v) is 8.32. The molecule has 0 spiro atoms. The Labute approximate surface area is 128 Å². The van der Waals surface area contributed by atoms with Crippen molar-refractivity contribution < 1.29 is 4.79 Å². The van der Waals surface area contributed by atoms with Gasteiger partial charge >= 0.3 is 0 Å². The summed E-state index contributed by atoms with van der Waals surface area (Å²) in [6.07, 6.45) is 7.18. The fraction of sp³-hybridized carbons (Fsp3) is 0.611. The Bertz CT molecular complexity index is 432. The zero-order chi connectivity index (χ0) is 15.1. The van der Waals surface area contributed by atoms with Gasteiger partial charge in [-0.3, -0.25) is 4.79 Å². The van der Waals surface area contributed by atoms with Crippen LogP contribution in [0.15, 0.2) is 30.3 Å². The Morgan fingerprint density at radius 3 is 2.76 bits per heavy atom. The van der Waals surface area contributed by atoms with Crippen molar-refractivity contribution in [3.8, 4) is 0 Å². The molecule has 1 heterocycles. The van der Waals surface area contributed by atoms with E-state index in [9.17, 15) is 4.79 Å². The maximum Gasteiger partial charge on any atom is 0.222 e. The van der Waals surface area contributed by atoms with Crippen LogP contribution in [0.1, 0.15) is 63.5 Å². The van der Waals surface area contributed by atoms with Crippen LogP contribution in [0.3, 0.4) is 0 Å². The molecule has 3 nitrogen and oxygen atoms in total. The summed E-state index contributed by atoms with van der Waals surface area (Å²) in [5.41, 5.74) is 7.32. The van der Waals surface area contributed by atoms with Crippen LogP contribution in [0, 0.1) is 0 Å². The Kier molecular flexibility index (Phi) is 6.24. The molecular weight excluding hydrogens is 260 g/mol. The Morgan fingerprint density at radius 2 is 2.05 bits per heavy atom. The van der Waals surface area contributed by atoms with E-state index in [1.807, 2.05) is 30.3 Å². The SMILES string of the molecule is CCC1CCCCCN1C(=O)CCC(N)c1ccccc1. The summed E-state index contributed by atoms with van der Waals surface area (Å²) in [5, 5.41) is 0. The number of amides is 1. The molecule has 1 aromatic carbocycles. The second-order valence-electron chi connectivity index (χ2n) is 6.05. The average molecular weight is 288 g/mol. The maximum absolute atomic E-state index is 12.5. The van der Waals surface area contributed by atoms with Crippen molar-refractivity contribution in [3.05, 3.63) is 35.9 Å². The molecule has 2 rings (SSSR count). The summed E-state index contributed by atoms with van der Waals surface area (Å²) in [7, 11) is 0. The first kappa shape index (κ1) is 16.0. The number of likely N-dealkylation sites (tertiary alicyclic amines) is 1. The lowest BCUT2D eigenvalue weighted by atomic mass is 10.0. The molecule has 0 saturated carbocycles. The predicted molar refractivity (Wildman–Crippen MR) is 86.9 cm³/mol. The van der Waals surface area contributed by atoms with E-state index in [1.165, 1.54) is 12.8 Å². The Hall–Kier alpha value is -1.35. The Morgan fingerprint density at radius 1 is 1.29 bits per heavy atom. The lowest BCUT2D eigenvalue weighted by molar-refractivity contribution is -0.133. The molecule has 3 heteroatoms. The predicted octanol–water partition coefficient (Wildman–Crippen LogP) is 3.65. The van der Waals surface area contributed by atoms with E-state index in [0.717, 1.165) is 37.8 Å². The van der Waals surface area contributed by atoms with E-state index in [0.29, 0.717) is 12.5 Å². The molecule has 1 amide bonds. The summed E-state index contributed by atoms with van der Waals surface area (Å²) in [5.74, 6) is 0.287. The van der Waals surface area contributed by atoms with Gasteiger partial charge in [0.15, 0.2) is 0 Å². The van der Waals surface area contributed by atoms with Crippen molar-refractivity contribution in [2.75, 3.05) is 6.54 Å². The van der Waals surface area contributed by atoms with E-state index in [4.69, 9.17) is 5.73 Å². The second kappa shape index (κ2) is 8.18. The minimum absolute atomic E-state index is 0.0396. The van der Waals surface area contributed by atoms with Crippen molar-refractivity contribution in [3.63, 3.8) is 0 Å². The van der Waals surface area contributed by atoms with Crippen molar-refractivity contribution in [2.24, 2.45) is 5.73 Å². The third kappa shape index (κ3) is 4.57. The lowest BCUT2D eigenvalue weighted by Crippen LogP contribution is -2.39. The normalized spacial score (nSPS) is 20.9. The van der Waals surface area contributed by atoms with Gasteiger partial charge in [-0.2, -0.15) is 0 Å². The smallest absolute Gasteiger partial charge is 0.222 e. The van der Waals surface area contributed by atoms with Gasteiger partial charge in [-0.25, -0.2) is 0 Å². The van der Waals surface area contributed by atoms with Gasteiger partial charge in [-0.1, -0.05) is 50.1 Å². The van der Waals surface area contributed by atoms with E-state index < -0.39 is 0 Å². The average Bonchev–Trinajstić information content (AvgIpc) is 2.78. The van der Waals surface area contributed by atoms with Gasteiger partial charge in [0.1, 0.15) is 0 Å². The van der Waals surface area contributed by atoms with Gasteiger partial charge in [0.05, 0.1) is 0 Å². The molecule has 1 saturated heterocycles. The monoisotopic (exact) mass is 288 g/mol. The van der Waals surface area contributed by atoms with E-state index in [1.54, 1.807) is 0 Å². The standard InChI is InChI=1S/C18H28N2O/c1-2-16-11-7-4-8-14-20(16)18(21)13-12-17(19)15-9-5-3-6-10-15/h3,5-6,9-10,16-17H,2,4,7-8,11-14,19H2,1H3. The topological polar surface area (TPSA) is 46.3 Å². The molecule has 1 aromatic rings. The molecule has 0 aliphatic carbocycles. The number of nitrogens with zero attached hydrogens (tertiary/aromatic N) is 1. The van der Waals surface area contributed by atoms with Gasteiger partial charge in [0.25, 0.3) is 0 Å². The van der Waals surface area contributed by atoms with Crippen LogP contribution in [0.25, 0.3) is 0 Å². The van der Waals surface area contributed by atoms with Crippen molar-refractivity contribution in [1.29, 1.82) is 0 Å². The molecule has 21 heavy (non-hydrogen) atoms. The minimum atomic E-state index is -0.0396. The summed E-state index contributed by atoms with van der Waals surface area (Å²) in [6, 6.07) is 10.5. The highest BCUT2D eigenvalue weighted by Gasteiger charge is 2.24. The quantitative estimate of drug-likeness (QED) is 0.899. The molecule has 0 aromatic heterocycles. The first-order chi connectivity index (χ1) is 10.2. The van der Waals surface area contributed by atoms with Crippen molar-refractivity contribution in [1.82, 2.24) is 4.90 Å². The molecule has 2 N–H and O–H groups in total. The third-order valence-corrected chi connectivity index (χ3v) is 4.57. The van der Waals surface area contributed by atoms with Crippen LogP contribution in [-0.2, 0) is 4.79 Å². The molecule has 1 fully saturated rings. The molecular formula is C18H28N2O. The van der Waals surface area contributed by atoms with Gasteiger partial charge < -0.3 is 10.6 Å². The summed E-state index contributed by atoms with van der Waals surface area (Å²) >= 11 is 0. The fourth-order valence-corrected chi connectivity index (χ4v) is 3.22. The van der Waals surface area contributed by atoms with E-state index in [2.05, 4.69) is 11.8 Å². The van der Waals surface area contributed by atoms with Crippen LogP contribution in [-0.4, -0.2) is 23.4 Å². The van der Waals surface area contributed by atoms with Crippen molar-refractivity contribution in [2.45, 2.75) is 64.0 Å². The summed E-state index contributed by atoms with van der Waals surface area (Å²) in [6.45, 7) is 3.11. The Balaban J connectivity index is 1.88. The molecule has 116 valence electrons. The van der Waals surface area contributed by atoms with Gasteiger partial charge in [0.2, 0.25) is 5.91 Å². The number of benzene rings is 1. The second-order valence-corrected chi connectivity index (χ2v) is 6.05. The molecule has 1 aliphatic rings. The number of rotatable bonds is 5.